The second-order valence-electron chi connectivity index (χ2n) is 9.74. The number of fused-ring (bicyclic) bond motifs is 1. The van der Waals surface area contributed by atoms with Crippen molar-refractivity contribution in [3.8, 4) is 18.4 Å². The molecule has 2 aliphatic heterocycles. The number of anilines is 1. The van der Waals surface area contributed by atoms with Crippen LogP contribution in [0.2, 0.25) is 0 Å². The summed E-state index contributed by atoms with van der Waals surface area (Å²) >= 11 is 0. The first-order chi connectivity index (χ1) is 16.0. The number of terminal acetylenes is 1. The number of nitrogens with zero attached hydrogens (tertiary/aromatic N) is 5. The SMILES string of the molecule is C#CC(=O)N1CCc2c(C#N)c(N3CCN(C(=C)CCO)C(C4CC4)C3)nc(C3CC3)c2C1. The molecule has 7 nitrogen and oxygen atoms in total. The summed E-state index contributed by atoms with van der Waals surface area (Å²) in [6.07, 6.45) is 11.2. The van der Waals surface area contributed by atoms with Crippen LogP contribution in [0.4, 0.5) is 5.82 Å². The van der Waals surface area contributed by atoms with Crippen LogP contribution in [0.1, 0.15) is 60.4 Å². The predicted octanol–water partition coefficient (Wildman–Crippen LogP) is 2.15. The quantitative estimate of drug-likeness (QED) is 0.676. The van der Waals surface area contributed by atoms with Gasteiger partial charge in [0.05, 0.1) is 11.3 Å². The lowest BCUT2D eigenvalue weighted by Crippen LogP contribution is -2.54. The zero-order valence-electron chi connectivity index (χ0n) is 19.1. The zero-order chi connectivity index (χ0) is 23.1. The molecule has 0 bridgehead atoms. The van der Waals surface area contributed by atoms with Crippen molar-refractivity contribution >= 4 is 11.7 Å². The first-order valence-corrected chi connectivity index (χ1v) is 12.1. The van der Waals surface area contributed by atoms with E-state index in [1.165, 1.54) is 12.8 Å². The summed E-state index contributed by atoms with van der Waals surface area (Å²) in [5.74, 6) is 3.80. The molecular formula is C26H31N5O2. The highest BCUT2D eigenvalue weighted by atomic mass is 16.3. The maximum Gasteiger partial charge on any atom is 0.298 e. The number of pyridine rings is 1. The van der Waals surface area contributed by atoms with E-state index in [0.717, 1.165) is 60.8 Å². The van der Waals surface area contributed by atoms with Gasteiger partial charge in [0.1, 0.15) is 11.9 Å². The van der Waals surface area contributed by atoms with Gasteiger partial charge < -0.3 is 19.8 Å². The lowest BCUT2D eigenvalue weighted by Gasteiger charge is -2.45. The Hall–Kier alpha value is -3.03. The fourth-order valence-electron chi connectivity index (χ4n) is 5.50. The van der Waals surface area contributed by atoms with Gasteiger partial charge in [0, 0.05) is 63.4 Å². The van der Waals surface area contributed by atoms with Gasteiger partial charge in [-0.05, 0) is 55.1 Å². The van der Waals surface area contributed by atoms with Crippen molar-refractivity contribution < 1.29 is 9.90 Å². The number of carbonyl (C=O) groups excluding carboxylic acids is 1. The Morgan fingerprint density at radius 3 is 2.64 bits per heavy atom. The van der Waals surface area contributed by atoms with Gasteiger partial charge >= 0.3 is 0 Å². The molecule has 1 aromatic heterocycles. The normalized spacial score (nSPS) is 22.4. The number of carbonyl (C=O) groups is 1. The summed E-state index contributed by atoms with van der Waals surface area (Å²) in [6, 6.07) is 2.81. The summed E-state index contributed by atoms with van der Waals surface area (Å²) in [5.41, 5.74) is 4.83. The molecule has 172 valence electrons. The molecule has 0 radical (unpaired) electrons. The van der Waals surface area contributed by atoms with Crippen LogP contribution in [-0.4, -0.2) is 64.6 Å². The van der Waals surface area contributed by atoms with E-state index >= 15 is 0 Å². The number of aliphatic hydroxyl groups is 1. The first-order valence-electron chi connectivity index (χ1n) is 12.1. The molecule has 1 N–H and O–H groups in total. The van der Waals surface area contributed by atoms with Crippen LogP contribution >= 0.6 is 0 Å². The van der Waals surface area contributed by atoms with Crippen molar-refractivity contribution in [1.29, 1.82) is 5.26 Å². The Balaban J connectivity index is 1.49. The average molecular weight is 446 g/mol. The van der Waals surface area contributed by atoms with Crippen LogP contribution in [0.15, 0.2) is 12.3 Å². The molecule has 4 aliphatic rings. The topological polar surface area (TPSA) is 83.7 Å². The van der Waals surface area contributed by atoms with Gasteiger partial charge in [0.2, 0.25) is 0 Å². The Labute approximate surface area is 195 Å². The Kier molecular flexibility index (Phi) is 5.76. The van der Waals surface area contributed by atoms with Crippen molar-refractivity contribution in [2.45, 2.75) is 57.0 Å². The number of aromatic nitrogens is 1. The Morgan fingerprint density at radius 2 is 2.00 bits per heavy atom. The third-order valence-electron chi connectivity index (χ3n) is 7.58. The fourth-order valence-corrected chi connectivity index (χ4v) is 5.50. The van der Waals surface area contributed by atoms with Gasteiger partial charge in [-0.15, -0.1) is 6.42 Å². The molecule has 33 heavy (non-hydrogen) atoms. The fraction of sp³-hybridized carbons (Fsp3) is 0.577. The number of amides is 1. The van der Waals surface area contributed by atoms with E-state index in [1.54, 1.807) is 4.90 Å². The van der Waals surface area contributed by atoms with Crippen molar-refractivity contribution in [2.75, 3.05) is 37.7 Å². The molecule has 5 rings (SSSR count). The van der Waals surface area contributed by atoms with E-state index in [4.69, 9.17) is 11.4 Å². The molecule has 7 heteroatoms. The Morgan fingerprint density at radius 1 is 1.21 bits per heavy atom. The highest BCUT2D eigenvalue weighted by Gasteiger charge is 2.41. The maximum atomic E-state index is 12.1. The molecule has 1 saturated heterocycles. The summed E-state index contributed by atoms with van der Waals surface area (Å²) in [5, 5.41) is 19.6. The predicted molar refractivity (Wildman–Crippen MR) is 125 cm³/mol. The zero-order valence-corrected chi connectivity index (χ0v) is 19.1. The number of piperazine rings is 1. The average Bonchev–Trinajstić information content (AvgIpc) is 3.75. The number of aliphatic hydroxyl groups excluding tert-OH is 1. The number of hydrogen-bond acceptors (Lipinski definition) is 6. The largest absolute Gasteiger partial charge is 0.396 e. The van der Waals surface area contributed by atoms with Gasteiger partial charge in [-0.2, -0.15) is 5.26 Å². The summed E-state index contributed by atoms with van der Waals surface area (Å²) in [4.78, 5) is 23.6. The van der Waals surface area contributed by atoms with E-state index in [-0.39, 0.29) is 12.5 Å². The molecule has 2 saturated carbocycles. The molecule has 3 heterocycles. The lowest BCUT2D eigenvalue weighted by molar-refractivity contribution is -0.125. The van der Waals surface area contributed by atoms with Crippen LogP contribution in [0.3, 0.4) is 0 Å². The molecule has 0 aromatic carbocycles. The lowest BCUT2D eigenvalue weighted by atomic mass is 9.92. The minimum atomic E-state index is -0.295. The monoisotopic (exact) mass is 445 g/mol. The van der Waals surface area contributed by atoms with E-state index in [2.05, 4.69) is 28.4 Å². The highest BCUT2D eigenvalue weighted by molar-refractivity contribution is 5.93. The molecule has 1 unspecified atom stereocenters. The minimum Gasteiger partial charge on any atom is -0.396 e. The van der Waals surface area contributed by atoms with Gasteiger partial charge in [0.25, 0.3) is 5.91 Å². The summed E-state index contributed by atoms with van der Waals surface area (Å²) < 4.78 is 0. The minimum absolute atomic E-state index is 0.116. The van der Waals surface area contributed by atoms with Crippen LogP contribution in [0, 0.1) is 29.6 Å². The number of rotatable bonds is 6. The second kappa shape index (κ2) is 8.72. The van der Waals surface area contributed by atoms with Crippen LogP contribution in [0.25, 0.3) is 0 Å². The van der Waals surface area contributed by atoms with E-state index in [0.29, 0.717) is 49.4 Å². The number of hydrogen-bond donors (Lipinski definition) is 1. The van der Waals surface area contributed by atoms with Gasteiger partial charge in [-0.25, -0.2) is 4.98 Å². The third-order valence-corrected chi connectivity index (χ3v) is 7.58. The van der Waals surface area contributed by atoms with Crippen molar-refractivity contribution in [3.63, 3.8) is 0 Å². The molecule has 1 atom stereocenters. The number of nitriles is 1. The molecule has 3 fully saturated rings. The molecule has 0 spiro atoms. The maximum absolute atomic E-state index is 12.1. The van der Waals surface area contributed by atoms with Gasteiger partial charge in [-0.3, -0.25) is 4.79 Å². The first kappa shape index (κ1) is 21.8. The van der Waals surface area contributed by atoms with E-state index < -0.39 is 0 Å². The van der Waals surface area contributed by atoms with Crippen molar-refractivity contribution in [1.82, 2.24) is 14.8 Å². The van der Waals surface area contributed by atoms with Crippen molar-refractivity contribution in [3.05, 3.63) is 34.7 Å². The van der Waals surface area contributed by atoms with Crippen LogP contribution in [0.5, 0.6) is 0 Å². The standard InChI is InChI=1S/C26H31N5O2/c1-3-24(33)29-10-8-20-21(14-27)26(28-25(19-6-7-19)22(20)15-29)30-11-12-31(17(2)9-13-32)23(16-30)18-4-5-18/h1,18-19,23,32H,2,4-13,15-16H2. The highest BCUT2D eigenvalue weighted by Crippen LogP contribution is 2.45. The summed E-state index contributed by atoms with van der Waals surface area (Å²) in [6.45, 7) is 7.76. The molecule has 1 amide bonds. The van der Waals surface area contributed by atoms with Crippen LogP contribution < -0.4 is 4.90 Å². The smallest absolute Gasteiger partial charge is 0.298 e. The van der Waals surface area contributed by atoms with Crippen LogP contribution in [-0.2, 0) is 17.8 Å². The van der Waals surface area contributed by atoms with E-state index in [1.807, 2.05) is 0 Å². The van der Waals surface area contributed by atoms with Gasteiger partial charge in [0.15, 0.2) is 0 Å². The molecule has 1 aromatic rings. The Bertz CT molecular complexity index is 1060. The van der Waals surface area contributed by atoms with E-state index in [9.17, 15) is 15.2 Å². The summed E-state index contributed by atoms with van der Waals surface area (Å²) in [7, 11) is 0. The van der Waals surface area contributed by atoms with Gasteiger partial charge in [-0.1, -0.05) is 6.58 Å². The second-order valence-corrected chi connectivity index (χ2v) is 9.74. The third kappa shape index (κ3) is 4.07. The van der Waals surface area contributed by atoms with Crippen molar-refractivity contribution in [2.24, 2.45) is 5.92 Å². The molecule has 2 aliphatic carbocycles. The molecular weight excluding hydrogens is 414 g/mol.